The Balaban J connectivity index is 1.58. The molecule has 3 aliphatic heterocycles. The van der Waals surface area contributed by atoms with Gasteiger partial charge in [-0.15, -0.1) is 0 Å². The number of rotatable bonds is 2. The molecule has 0 aromatic heterocycles. The lowest BCUT2D eigenvalue weighted by Crippen LogP contribution is -2.68. The third-order valence-corrected chi connectivity index (χ3v) is 6.58. The average molecular weight is 374 g/mol. The molecule has 0 radical (unpaired) electrons. The van der Waals surface area contributed by atoms with Crippen molar-refractivity contribution < 1.29 is 9.53 Å². The molecule has 0 bridgehead atoms. The van der Waals surface area contributed by atoms with Gasteiger partial charge in [-0.3, -0.25) is 4.79 Å². The highest BCUT2D eigenvalue weighted by molar-refractivity contribution is 5.84. The van der Waals surface area contributed by atoms with E-state index in [1.54, 1.807) is 0 Å². The fourth-order valence-corrected chi connectivity index (χ4v) is 5.06. The maximum absolute atomic E-state index is 12.5. The number of carbonyl (C=O) groups excluding carboxylic acids is 1. The van der Waals surface area contributed by atoms with Crippen LogP contribution in [0.25, 0.3) is 6.08 Å². The molecule has 144 valence electrons. The zero-order chi connectivity index (χ0) is 19.5. The summed E-state index contributed by atoms with van der Waals surface area (Å²) >= 11 is 0. The van der Waals surface area contributed by atoms with Gasteiger partial charge in [0.25, 0.3) is 0 Å². The third-order valence-electron chi connectivity index (χ3n) is 6.58. The summed E-state index contributed by atoms with van der Waals surface area (Å²) in [5.41, 5.74) is 4.02. The van der Waals surface area contributed by atoms with Crippen LogP contribution in [0.15, 0.2) is 48.5 Å². The maximum atomic E-state index is 12.5. The van der Waals surface area contributed by atoms with Crippen LogP contribution in [0, 0.1) is 0 Å². The Bertz CT molecular complexity index is 994. The summed E-state index contributed by atoms with van der Waals surface area (Å²) in [6, 6.07) is 14.9. The quantitative estimate of drug-likeness (QED) is 0.863. The van der Waals surface area contributed by atoms with E-state index in [-0.39, 0.29) is 17.4 Å². The van der Waals surface area contributed by atoms with Crippen molar-refractivity contribution in [3.8, 4) is 5.75 Å². The predicted molar refractivity (Wildman–Crippen MR) is 112 cm³/mol. The lowest BCUT2D eigenvalue weighted by Gasteiger charge is -2.49. The number of nitrogens with one attached hydrogen (secondary N) is 1. The van der Waals surface area contributed by atoms with Crippen LogP contribution in [0.2, 0.25) is 0 Å². The second-order valence-electron chi connectivity index (χ2n) is 8.69. The number of hydrogen-bond donors (Lipinski definition) is 1. The highest BCUT2D eigenvalue weighted by atomic mass is 16.5. The predicted octanol–water partition coefficient (Wildman–Crippen LogP) is 4.04. The number of nitrogens with zero attached hydrogens (tertiary/aromatic N) is 1. The van der Waals surface area contributed by atoms with E-state index in [1.165, 1.54) is 16.8 Å². The fourth-order valence-electron chi connectivity index (χ4n) is 5.06. The van der Waals surface area contributed by atoms with Crippen molar-refractivity contribution in [2.24, 2.45) is 0 Å². The Morgan fingerprint density at radius 1 is 1.21 bits per heavy atom. The number of fused-ring (bicyclic) bond motifs is 4. The van der Waals surface area contributed by atoms with Gasteiger partial charge in [0.2, 0.25) is 5.91 Å². The molecule has 1 fully saturated rings. The lowest BCUT2D eigenvalue weighted by molar-refractivity contribution is -0.124. The van der Waals surface area contributed by atoms with E-state index >= 15 is 0 Å². The Kier molecular flexibility index (Phi) is 3.64. The zero-order valence-corrected chi connectivity index (χ0v) is 16.7. The van der Waals surface area contributed by atoms with Crippen molar-refractivity contribution in [1.29, 1.82) is 0 Å². The molecule has 3 aliphatic rings. The van der Waals surface area contributed by atoms with Crippen LogP contribution >= 0.6 is 0 Å². The Labute approximate surface area is 166 Å². The molecule has 1 N–H and O–H groups in total. The minimum Gasteiger partial charge on any atom is -0.490 e. The largest absolute Gasteiger partial charge is 0.490 e. The van der Waals surface area contributed by atoms with Gasteiger partial charge < -0.3 is 15.0 Å². The molecular weight excluding hydrogens is 348 g/mol. The minimum absolute atomic E-state index is 0.105. The molecule has 4 heteroatoms. The first-order chi connectivity index (χ1) is 13.4. The number of amides is 1. The summed E-state index contributed by atoms with van der Waals surface area (Å²) in [6.07, 6.45) is 6.02. The Morgan fingerprint density at radius 2 is 2.04 bits per heavy atom. The molecule has 0 spiro atoms. The molecule has 0 aliphatic carbocycles. The summed E-state index contributed by atoms with van der Waals surface area (Å²) in [6.45, 7) is 7.26. The van der Waals surface area contributed by atoms with Gasteiger partial charge in [-0.1, -0.05) is 50.3 Å². The first-order valence-electron chi connectivity index (χ1n) is 10.1. The van der Waals surface area contributed by atoms with E-state index in [2.05, 4.69) is 85.6 Å². The van der Waals surface area contributed by atoms with Crippen molar-refractivity contribution in [3.05, 3.63) is 65.2 Å². The van der Waals surface area contributed by atoms with Crippen molar-refractivity contribution in [1.82, 2.24) is 5.32 Å². The summed E-state index contributed by atoms with van der Waals surface area (Å²) in [5, 5.41) is 3.33. The summed E-state index contributed by atoms with van der Waals surface area (Å²) in [5.74, 6) is 1.08. The molecule has 3 heterocycles. The zero-order valence-electron chi connectivity index (χ0n) is 16.7. The molecule has 2 aromatic rings. The smallest absolute Gasteiger partial charge is 0.223 e. The average Bonchev–Trinajstić information content (AvgIpc) is 3.13. The van der Waals surface area contributed by atoms with E-state index in [0.29, 0.717) is 6.42 Å². The van der Waals surface area contributed by atoms with Gasteiger partial charge in [0.1, 0.15) is 17.5 Å². The number of anilines is 1. The van der Waals surface area contributed by atoms with Crippen LogP contribution in [0.1, 0.15) is 43.9 Å². The monoisotopic (exact) mass is 374 g/mol. The van der Waals surface area contributed by atoms with Gasteiger partial charge in [0.15, 0.2) is 0 Å². The number of carbonyl (C=O) groups is 1. The first-order valence-corrected chi connectivity index (χ1v) is 10.1. The molecule has 0 unspecified atom stereocenters. The van der Waals surface area contributed by atoms with E-state index in [9.17, 15) is 4.79 Å². The number of para-hydroxylation sites is 1. The van der Waals surface area contributed by atoms with Crippen molar-refractivity contribution in [3.63, 3.8) is 0 Å². The van der Waals surface area contributed by atoms with Gasteiger partial charge in [0, 0.05) is 30.5 Å². The normalized spacial score (nSPS) is 27.2. The second-order valence-corrected chi connectivity index (χ2v) is 8.69. The second kappa shape index (κ2) is 5.87. The highest BCUT2D eigenvalue weighted by Gasteiger charge is 2.57. The maximum Gasteiger partial charge on any atom is 0.223 e. The van der Waals surface area contributed by atoms with Gasteiger partial charge in [-0.2, -0.15) is 0 Å². The van der Waals surface area contributed by atoms with Crippen molar-refractivity contribution >= 4 is 17.7 Å². The van der Waals surface area contributed by atoms with Gasteiger partial charge in [-0.25, -0.2) is 0 Å². The number of ether oxygens (including phenoxy) is 1. The van der Waals surface area contributed by atoms with Crippen LogP contribution in [0.4, 0.5) is 5.69 Å². The summed E-state index contributed by atoms with van der Waals surface area (Å²) < 4.78 is 5.92. The Morgan fingerprint density at radius 3 is 2.89 bits per heavy atom. The van der Waals surface area contributed by atoms with Gasteiger partial charge in [-0.05, 0) is 41.8 Å². The van der Waals surface area contributed by atoms with E-state index < -0.39 is 5.66 Å². The summed E-state index contributed by atoms with van der Waals surface area (Å²) in [4.78, 5) is 14.8. The molecule has 2 aromatic carbocycles. The first kappa shape index (κ1) is 17.4. The molecule has 1 saturated heterocycles. The molecule has 1 amide bonds. The fraction of sp³-hybridized carbons (Fsp3) is 0.375. The van der Waals surface area contributed by atoms with Crippen LogP contribution in [-0.4, -0.2) is 24.2 Å². The SMILES string of the molecule is C[C@@H]1Cc2ccc(C=C[C@@]34NC(=O)CCN3c3ccccc3C4(C)C)cc2O1. The highest BCUT2D eigenvalue weighted by Crippen LogP contribution is 2.52. The van der Waals surface area contributed by atoms with Crippen molar-refractivity contribution in [2.75, 3.05) is 11.4 Å². The van der Waals surface area contributed by atoms with Gasteiger partial charge >= 0.3 is 0 Å². The van der Waals surface area contributed by atoms with Gasteiger partial charge in [0.05, 0.1) is 0 Å². The van der Waals surface area contributed by atoms with E-state index in [1.807, 2.05) is 0 Å². The van der Waals surface area contributed by atoms with Crippen molar-refractivity contribution in [2.45, 2.75) is 50.8 Å². The van der Waals surface area contributed by atoms with Crippen LogP contribution in [0.5, 0.6) is 5.75 Å². The van der Waals surface area contributed by atoms with Crippen LogP contribution in [-0.2, 0) is 16.6 Å². The molecule has 2 atom stereocenters. The third kappa shape index (κ3) is 2.33. The number of benzene rings is 2. The standard InChI is InChI=1S/C24H26N2O2/c1-16-14-18-9-8-17(15-21(18)28-16)10-12-24-23(2,3)19-6-4-5-7-20(19)26(24)13-11-22(27)25-24/h4-10,12,15-16H,11,13-14H2,1-3H3,(H,25,27)/t16-,24-/m1/s1. The topological polar surface area (TPSA) is 41.6 Å². The summed E-state index contributed by atoms with van der Waals surface area (Å²) in [7, 11) is 0. The Hall–Kier alpha value is -2.75. The molecular formula is C24H26N2O2. The molecule has 28 heavy (non-hydrogen) atoms. The van der Waals surface area contributed by atoms with Crippen LogP contribution in [0.3, 0.4) is 0 Å². The van der Waals surface area contributed by atoms with E-state index in [0.717, 1.165) is 24.3 Å². The van der Waals surface area contributed by atoms with Crippen LogP contribution < -0.4 is 15.0 Å². The minimum atomic E-state index is -0.570. The lowest BCUT2D eigenvalue weighted by atomic mass is 9.74. The van der Waals surface area contributed by atoms with E-state index in [4.69, 9.17) is 4.74 Å². The molecule has 5 rings (SSSR count). The molecule has 0 saturated carbocycles. The molecule has 4 nitrogen and oxygen atoms in total. The number of hydrogen-bond acceptors (Lipinski definition) is 3.